The van der Waals surface area contributed by atoms with E-state index in [0.29, 0.717) is 18.3 Å². The Balaban J connectivity index is 1.68. The third-order valence-corrected chi connectivity index (χ3v) is 4.09. The van der Waals surface area contributed by atoms with Gasteiger partial charge >= 0.3 is 0 Å². The van der Waals surface area contributed by atoms with Crippen molar-refractivity contribution in [2.24, 2.45) is 0 Å². The van der Waals surface area contributed by atoms with E-state index in [1.807, 2.05) is 55.5 Å². The normalized spacial score (nSPS) is 10.3. The summed E-state index contributed by atoms with van der Waals surface area (Å²) in [5.41, 5.74) is 2.88. The summed E-state index contributed by atoms with van der Waals surface area (Å²) in [6.45, 7) is 2.65. The minimum Gasteiger partial charge on any atom is -0.496 e. The fraction of sp³-hybridized carbons (Fsp3) is 0.238. The van der Waals surface area contributed by atoms with E-state index in [9.17, 15) is 0 Å². The van der Waals surface area contributed by atoms with Crippen LogP contribution in [-0.2, 0) is 6.42 Å². The summed E-state index contributed by atoms with van der Waals surface area (Å²) in [4.78, 5) is 9.03. The Morgan fingerprint density at radius 2 is 1.59 bits per heavy atom. The van der Waals surface area contributed by atoms with E-state index in [2.05, 4.69) is 26.7 Å². The van der Waals surface area contributed by atoms with Crippen molar-refractivity contribution in [2.75, 3.05) is 31.4 Å². The van der Waals surface area contributed by atoms with Crippen molar-refractivity contribution in [1.29, 1.82) is 0 Å². The van der Waals surface area contributed by atoms with Gasteiger partial charge in [-0.3, -0.25) is 0 Å². The largest absolute Gasteiger partial charge is 0.496 e. The van der Waals surface area contributed by atoms with E-state index < -0.39 is 0 Å². The van der Waals surface area contributed by atoms with E-state index in [1.165, 1.54) is 0 Å². The van der Waals surface area contributed by atoms with Gasteiger partial charge < -0.3 is 20.1 Å². The lowest BCUT2D eigenvalue weighted by molar-refractivity contribution is 0.410. The molecule has 6 nitrogen and oxygen atoms in total. The topological polar surface area (TPSA) is 68.3 Å². The second kappa shape index (κ2) is 8.89. The average Bonchev–Trinajstić information content (AvgIpc) is 2.68. The molecule has 0 saturated heterocycles. The Morgan fingerprint density at radius 1 is 0.889 bits per heavy atom. The lowest BCUT2D eigenvalue weighted by atomic mass is 10.1. The van der Waals surface area contributed by atoms with Gasteiger partial charge in [-0.15, -0.1) is 0 Å². The van der Waals surface area contributed by atoms with E-state index in [4.69, 9.17) is 9.47 Å². The van der Waals surface area contributed by atoms with Crippen LogP contribution in [0.1, 0.15) is 11.3 Å². The highest BCUT2D eigenvalue weighted by Gasteiger charge is 2.07. The lowest BCUT2D eigenvalue weighted by Gasteiger charge is -2.13. The average molecular weight is 364 g/mol. The highest BCUT2D eigenvalue weighted by molar-refractivity contribution is 5.64. The summed E-state index contributed by atoms with van der Waals surface area (Å²) >= 11 is 0. The molecule has 1 heterocycles. The number of methoxy groups -OCH3 is 2. The molecule has 0 spiro atoms. The zero-order valence-electron chi connectivity index (χ0n) is 15.8. The van der Waals surface area contributed by atoms with Gasteiger partial charge in [0.05, 0.1) is 19.9 Å². The number of nitrogens with zero attached hydrogens (tertiary/aromatic N) is 2. The molecule has 0 fully saturated rings. The molecule has 140 valence electrons. The van der Waals surface area contributed by atoms with Gasteiger partial charge in [-0.1, -0.05) is 30.3 Å². The van der Waals surface area contributed by atoms with Gasteiger partial charge in [0.1, 0.15) is 17.3 Å². The van der Waals surface area contributed by atoms with E-state index in [0.717, 1.165) is 34.9 Å². The molecule has 3 rings (SSSR count). The van der Waals surface area contributed by atoms with Crippen LogP contribution in [0.2, 0.25) is 0 Å². The Hall–Kier alpha value is -3.28. The Kier molecular flexibility index (Phi) is 6.10. The molecule has 27 heavy (non-hydrogen) atoms. The first kappa shape index (κ1) is 18.5. The number of ether oxygens (including phenoxy) is 2. The molecule has 0 aliphatic rings. The maximum atomic E-state index is 5.39. The molecule has 0 unspecified atom stereocenters. The molecular formula is C21H24N4O2. The van der Waals surface area contributed by atoms with Crippen LogP contribution in [0.15, 0.2) is 54.6 Å². The van der Waals surface area contributed by atoms with Crippen LogP contribution in [0.5, 0.6) is 11.5 Å². The third kappa shape index (κ3) is 4.88. The second-order valence-electron chi connectivity index (χ2n) is 6.03. The van der Waals surface area contributed by atoms with Gasteiger partial charge in [0.25, 0.3) is 0 Å². The van der Waals surface area contributed by atoms with Crippen molar-refractivity contribution in [3.63, 3.8) is 0 Å². The van der Waals surface area contributed by atoms with Crippen molar-refractivity contribution in [3.8, 4) is 11.5 Å². The number of nitrogens with one attached hydrogen (secondary N) is 2. The molecule has 0 bridgehead atoms. The van der Waals surface area contributed by atoms with Gasteiger partial charge in [0, 0.05) is 18.3 Å². The molecule has 3 aromatic rings. The molecule has 0 amide bonds. The Bertz CT molecular complexity index is 899. The van der Waals surface area contributed by atoms with Crippen LogP contribution >= 0.6 is 0 Å². The molecule has 0 aliphatic carbocycles. The van der Waals surface area contributed by atoms with Crippen molar-refractivity contribution in [2.45, 2.75) is 13.3 Å². The molecule has 1 aromatic heterocycles. The quantitative estimate of drug-likeness (QED) is 0.624. The summed E-state index contributed by atoms with van der Waals surface area (Å²) in [6, 6.07) is 17.6. The van der Waals surface area contributed by atoms with Crippen LogP contribution in [0.25, 0.3) is 0 Å². The predicted molar refractivity (Wildman–Crippen MR) is 108 cm³/mol. The first-order valence-electron chi connectivity index (χ1n) is 8.81. The molecule has 0 saturated carbocycles. The third-order valence-electron chi connectivity index (χ3n) is 4.09. The number of anilines is 3. The maximum Gasteiger partial charge on any atom is 0.224 e. The standard InChI is InChI=1S/C21H24N4O2/c1-15-14-20(24-17-9-5-7-11-19(17)27-3)25-21(23-15)22-13-12-16-8-4-6-10-18(16)26-2/h4-11,14H,12-13H2,1-3H3,(H2,22,23,24,25). The van der Waals surface area contributed by atoms with Crippen molar-refractivity contribution < 1.29 is 9.47 Å². The zero-order valence-corrected chi connectivity index (χ0v) is 15.8. The SMILES string of the molecule is COc1ccccc1CCNc1nc(C)cc(Nc2ccccc2OC)n1. The first-order chi connectivity index (χ1) is 13.2. The van der Waals surface area contributed by atoms with Crippen LogP contribution in [-0.4, -0.2) is 30.7 Å². The van der Waals surface area contributed by atoms with Gasteiger partial charge in [-0.2, -0.15) is 4.98 Å². The highest BCUT2D eigenvalue weighted by Crippen LogP contribution is 2.26. The fourth-order valence-electron chi connectivity index (χ4n) is 2.82. The molecule has 2 N–H and O–H groups in total. The van der Waals surface area contributed by atoms with Crippen LogP contribution in [0.4, 0.5) is 17.5 Å². The number of hydrogen-bond donors (Lipinski definition) is 2. The number of aryl methyl sites for hydroxylation is 1. The molecule has 6 heteroatoms. The minimum atomic E-state index is 0.585. The second-order valence-corrected chi connectivity index (χ2v) is 6.03. The van der Waals surface area contributed by atoms with Gasteiger partial charge in [0.15, 0.2) is 0 Å². The van der Waals surface area contributed by atoms with Gasteiger partial charge in [0.2, 0.25) is 5.95 Å². The molecule has 0 atom stereocenters. The minimum absolute atomic E-state index is 0.585. The molecule has 0 radical (unpaired) electrons. The molecule has 2 aromatic carbocycles. The number of aromatic nitrogens is 2. The maximum absolute atomic E-state index is 5.39. The van der Waals surface area contributed by atoms with E-state index in [-0.39, 0.29) is 0 Å². The molecular weight excluding hydrogens is 340 g/mol. The first-order valence-corrected chi connectivity index (χ1v) is 8.81. The monoisotopic (exact) mass is 364 g/mol. The zero-order chi connectivity index (χ0) is 19.1. The number of para-hydroxylation sites is 3. The van der Waals surface area contributed by atoms with E-state index in [1.54, 1.807) is 14.2 Å². The van der Waals surface area contributed by atoms with E-state index >= 15 is 0 Å². The number of benzene rings is 2. The summed E-state index contributed by atoms with van der Waals surface area (Å²) in [5, 5.41) is 6.59. The van der Waals surface area contributed by atoms with Gasteiger partial charge in [-0.25, -0.2) is 4.98 Å². The van der Waals surface area contributed by atoms with Crippen molar-refractivity contribution in [3.05, 3.63) is 65.9 Å². The fourth-order valence-corrected chi connectivity index (χ4v) is 2.82. The summed E-state index contributed by atoms with van der Waals surface area (Å²) < 4.78 is 10.8. The van der Waals surface area contributed by atoms with Crippen molar-refractivity contribution in [1.82, 2.24) is 9.97 Å². The number of hydrogen-bond acceptors (Lipinski definition) is 6. The highest BCUT2D eigenvalue weighted by atomic mass is 16.5. The number of rotatable bonds is 8. The van der Waals surface area contributed by atoms with Crippen LogP contribution in [0, 0.1) is 6.92 Å². The smallest absolute Gasteiger partial charge is 0.224 e. The van der Waals surface area contributed by atoms with Gasteiger partial charge in [-0.05, 0) is 37.1 Å². The van der Waals surface area contributed by atoms with Crippen LogP contribution in [0.3, 0.4) is 0 Å². The lowest BCUT2D eigenvalue weighted by Crippen LogP contribution is -2.10. The summed E-state index contributed by atoms with van der Waals surface area (Å²) in [7, 11) is 3.34. The Labute approximate surface area is 159 Å². The summed E-state index contributed by atoms with van der Waals surface area (Å²) in [5.74, 6) is 2.96. The Morgan fingerprint density at radius 3 is 2.37 bits per heavy atom. The molecule has 0 aliphatic heterocycles. The van der Waals surface area contributed by atoms with Crippen molar-refractivity contribution >= 4 is 17.5 Å². The summed E-state index contributed by atoms with van der Waals surface area (Å²) in [6.07, 6.45) is 0.816. The van der Waals surface area contributed by atoms with Crippen LogP contribution < -0.4 is 20.1 Å². The predicted octanol–water partition coefficient (Wildman–Crippen LogP) is 4.20.